The molecule has 7 nitrogen and oxygen atoms in total. The van der Waals surface area contributed by atoms with Gasteiger partial charge in [0.1, 0.15) is 26.5 Å². The van der Waals surface area contributed by atoms with Gasteiger partial charge in [0, 0.05) is 18.7 Å². The standard InChI is InChI=1S/C20H19N5O2S2/c1-20(2,27)19-21-9-14(29-19)18(26)25-8-7-12-15(23-10-22-12)16(25)17-24-11-5-3-4-6-13(11)28-17/h3-6,9-10,16,27H,7-8H2,1-2H3,(H,22,23)/t16-/m0/s1. The third kappa shape index (κ3) is 3.15. The molecular formula is C20H19N5O2S2. The SMILES string of the molecule is CC(C)(O)c1ncc(C(=O)N2CCc3[nH]cnc3[C@H]2c2nc3ccccc3s2)s1. The summed E-state index contributed by atoms with van der Waals surface area (Å²) >= 11 is 2.82. The zero-order valence-corrected chi connectivity index (χ0v) is 17.5. The molecule has 1 aromatic carbocycles. The molecule has 0 spiro atoms. The molecule has 0 unspecified atom stereocenters. The molecule has 0 saturated carbocycles. The number of nitrogens with one attached hydrogen (secondary N) is 1. The highest BCUT2D eigenvalue weighted by Gasteiger charge is 2.37. The summed E-state index contributed by atoms with van der Waals surface area (Å²) in [4.78, 5) is 32.5. The number of rotatable bonds is 3. The maximum atomic E-state index is 13.4. The van der Waals surface area contributed by atoms with Crippen LogP contribution in [0, 0.1) is 0 Å². The van der Waals surface area contributed by atoms with Crippen LogP contribution in [0.2, 0.25) is 0 Å². The van der Waals surface area contributed by atoms with Crippen molar-refractivity contribution in [1.29, 1.82) is 0 Å². The van der Waals surface area contributed by atoms with Crippen LogP contribution in [-0.2, 0) is 12.0 Å². The summed E-state index contributed by atoms with van der Waals surface area (Å²) < 4.78 is 1.08. The largest absolute Gasteiger partial charge is 0.383 e. The summed E-state index contributed by atoms with van der Waals surface area (Å²) in [6.45, 7) is 3.90. The first-order valence-corrected chi connectivity index (χ1v) is 10.9. The van der Waals surface area contributed by atoms with Crippen LogP contribution in [0.4, 0.5) is 0 Å². The molecule has 4 heterocycles. The Morgan fingerprint density at radius 1 is 1.28 bits per heavy atom. The summed E-state index contributed by atoms with van der Waals surface area (Å²) in [7, 11) is 0. The van der Waals surface area contributed by atoms with E-state index < -0.39 is 5.60 Å². The summed E-state index contributed by atoms with van der Waals surface area (Å²) in [6, 6.07) is 7.63. The van der Waals surface area contributed by atoms with Gasteiger partial charge >= 0.3 is 0 Å². The number of amides is 1. The lowest BCUT2D eigenvalue weighted by molar-refractivity contribution is 0.0695. The van der Waals surface area contributed by atoms with Gasteiger partial charge in [-0.2, -0.15) is 0 Å². The van der Waals surface area contributed by atoms with Gasteiger partial charge in [0.15, 0.2) is 0 Å². The summed E-state index contributed by atoms with van der Waals surface area (Å²) in [5, 5.41) is 11.6. The number of thiazole rings is 2. The topological polar surface area (TPSA) is 95.0 Å². The first kappa shape index (κ1) is 18.4. The molecule has 0 fully saturated rings. The van der Waals surface area contributed by atoms with Crippen LogP contribution < -0.4 is 0 Å². The van der Waals surface area contributed by atoms with E-state index in [1.54, 1.807) is 37.7 Å². The molecule has 148 valence electrons. The molecule has 0 radical (unpaired) electrons. The van der Waals surface area contributed by atoms with Gasteiger partial charge in [-0.1, -0.05) is 12.1 Å². The highest BCUT2D eigenvalue weighted by Crippen LogP contribution is 2.38. The molecule has 5 rings (SSSR count). The summed E-state index contributed by atoms with van der Waals surface area (Å²) in [5.74, 6) is -0.115. The molecule has 1 amide bonds. The Labute approximate surface area is 175 Å². The van der Waals surface area contributed by atoms with Crippen molar-refractivity contribution in [2.45, 2.75) is 31.9 Å². The predicted octanol–water partition coefficient (Wildman–Crippen LogP) is 3.49. The minimum Gasteiger partial charge on any atom is -0.383 e. The average Bonchev–Trinajstić information content (AvgIpc) is 3.44. The number of aromatic amines is 1. The second-order valence-corrected chi connectivity index (χ2v) is 9.62. The van der Waals surface area contributed by atoms with Gasteiger partial charge < -0.3 is 15.0 Å². The van der Waals surface area contributed by atoms with E-state index in [2.05, 4.69) is 15.0 Å². The molecular weight excluding hydrogens is 406 g/mol. The van der Waals surface area contributed by atoms with Crippen LogP contribution >= 0.6 is 22.7 Å². The predicted molar refractivity (Wildman–Crippen MR) is 112 cm³/mol. The highest BCUT2D eigenvalue weighted by molar-refractivity contribution is 7.18. The van der Waals surface area contributed by atoms with E-state index in [0.717, 1.165) is 26.6 Å². The Bertz CT molecular complexity index is 1170. The Hall–Kier alpha value is -2.62. The first-order chi connectivity index (χ1) is 13.9. The van der Waals surface area contributed by atoms with Gasteiger partial charge in [0.2, 0.25) is 0 Å². The Balaban J connectivity index is 1.57. The van der Waals surface area contributed by atoms with Crippen LogP contribution in [0.15, 0.2) is 36.8 Å². The number of H-pyrrole nitrogens is 1. The van der Waals surface area contributed by atoms with E-state index >= 15 is 0 Å². The van der Waals surface area contributed by atoms with E-state index in [1.807, 2.05) is 29.2 Å². The van der Waals surface area contributed by atoms with Crippen LogP contribution in [-0.4, -0.2) is 42.4 Å². The molecule has 3 aromatic heterocycles. The summed E-state index contributed by atoms with van der Waals surface area (Å²) in [6.07, 6.45) is 3.94. The number of carbonyl (C=O) groups is 1. The molecule has 9 heteroatoms. The number of para-hydroxylation sites is 1. The Morgan fingerprint density at radius 3 is 2.86 bits per heavy atom. The third-order valence-corrected chi connectivity index (χ3v) is 7.36. The van der Waals surface area contributed by atoms with Gasteiger partial charge in [0.05, 0.1) is 28.4 Å². The summed E-state index contributed by atoms with van der Waals surface area (Å²) in [5.41, 5.74) is 1.73. The van der Waals surface area contributed by atoms with E-state index in [4.69, 9.17) is 4.98 Å². The van der Waals surface area contributed by atoms with Crippen LogP contribution in [0.5, 0.6) is 0 Å². The smallest absolute Gasteiger partial charge is 0.266 e. The molecule has 0 aliphatic carbocycles. The normalized spacial score (nSPS) is 16.9. The number of hydrogen-bond donors (Lipinski definition) is 2. The van der Waals surface area contributed by atoms with E-state index in [0.29, 0.717) is 22.9 Å². The van der Waals surface area contributed by atoms with Crippen molar-refractivity contribution in [2.75, 3.05) is 6.54 Å². The zero-order chi connectivity index (χ0) is 20.2. The Kier molecular flexibility index (Phi) is 4.27. The maximum absolute atomic E-state index is 13.4. The van der Waals surface area contributed by atoms with E-state index in [9.17, 15) is 9.90 Å². The lowest BCUT2D eigenvalue weighted by Gasteiger charge is -2.33. The number of fused-ring (bicyclic) bond motifs is 2. The second-order valence-electron chi connectivity index (χ2n) is 7.53. The van der Waals surface area contributed by atoms with Crippen LogP contribution in [0.3, 0.4) is 0 Å². The number of carbonyl (C=O) groups excluding carboxylic acids is 1. The Morgan fingerprint density at radius 2 is 2.10 bits per heavy atom. The lowest BCUT2D eigenvalue weighted by Crippen LogP contribution is -2.40. The monoisotopic (exact) mass is 425 g/mol. The number of hydrogen-bond acceptors (Lipinski definition) is 7. The molecule has 4 aromatic rings. The lowest BCUT2D eigenvalue weighted by atomic mass is 10.0. The second kappa shape index (κ2) is 6.72. The fraction of sp³-hybridized carbons (Fsp3) is 0.300. The molecule has 0 bridgehead atoms. The molecule has 29 heavy (non-hydrogen) atoms. The quantitative estimate of drug-likeness (QED) is 0.524. The molecule has 2 N–H and O–H groups in total. The van der Waals surface area contributed by atoms with Gasteiger partial charge in [-0.15, -0.1) is 22.7 Å². The number of aromatic nitrogens is 4. The van der Waals surface area contributed by atoms with Crippen molar-refractivity contribution >= 4 is 38.8 Å². The fourth-order valence-electron chi connectivity index (χ4n) is 3.55. The first-order valence-electron chi connectivity index (χ1n) is 9.29. The number of benzene rings is 1. The van der Waals surface area contributed by atoms with Crippen molar-refractivity contribution in [3.8, 4) is 0 Å². The molecule has 0 saturated heterocycles. The van der Waals surface area contributed by atoms with E-state index in [1.165, 1.54) is 11.3 Å². The molecule has 1 aliphatic heterocycles. The van der Waals surface area contributed by atoms with Crippen molar-refractivity contribution in [1.82, 2.24) is 24.8 Å². The fourth-order valence-corrected chi connectivity index (χ4v) is 5.51. The van der Waals surface area contributed by atoms with Crippen molar-refractivity contribution in [2.24, 2.45) is 0 Å². The van der Waals surface area contributed by atoms with Crippen molar-refractivity contribution < 1.29 is 9.90 Å². The minimum absolute atomic E-state index is 0.115. The van der Waals surface area contributed by atoms with E-state index in [-0.39, 0.29) is 11.9 Å². The van der Waals surface area contributed by atoms with Gasteiger partial charge in [-0.25, -0.2) is 15.0 Å². The highest BCUT2D eigenvalue weighted by atomic mass is 32.1. The van der Waals surface area contributed by atoms with Crippen molar-refractivity contribution in [3.63, 3.8) is 0 Å². The molecule has 1 aliphatic rings. The van der Waals surface area contributed by atoms with Crippen LogP contribution in [0.1, 0.15) is 51.0 Å². The number of nitrogens with zero attached hydrogens (tertiary/aromatic N) is 4. The molecule has 1 atom stereocenters. The average molecular weight is 426 g/mol. The number of imidazole rings is 1. The maximum Gasteiger partial charge on any atom is 0.266 e. The van der Waals surface area contributed by atoms with Gasteiger partial charge in [-0.3, -0.25) is 4.79 Å². The minimum atomic E-state index is -1.08. The van der Waals surface area contributed by atoms with Crippen molar-refractivity contribution in [3.05, 3.63) is 63.1 Å². The van der Waals surface area contributed by atoms with Gasteiger partial charge in [-0.05, 0) is 26.0 Å². The third-order valence-electron chi connectivity index (χ3n) is 4.97. The van der Waals surface area contributed by atoms with Crippen LogP contribution in [0.25, 0.3) is 10.2 Å². The van der Waals surface area contributed by atoms with Gasteiger partial charge in [0.25, 0.3) is 5.91 Å². The zero-order valence-electron chi connectivity index (χ0n) is 15.9. The number of aliphatic hydroxyl groups is 1.